The molecule has 1 saturated heterocycles. The Labute approximate surface area is 144 Å². The molecule has 3 N–H and O–H groups in total. The fraction of sp³-hybridized carbons (Fsp3) is 0.353. The summed E-state index contributed by atoms with van der Waals surface area (Å²) in [6.07, 6.45) is 1.79. The predicted molar refractivity (Wildman–Crippen MR) is 95.4 cm³/mol. The molecule has 1 aromatic heterocycles. The normalized spacial score (nSPS) is 17.5. The molecule has 0 saturated carbocycles. The van der Waals surface area contributed by atoms with Crippen LogP contribution in [-0.2, 0) is 4.79 Å². The van der Waals surface area contributed by atoms with Crippen molar-refractivity contribution in [3.63, 3.8) is 0 Å². The van der Waals surface area contributed by atoms with Crippen LogP contribution in [-0.4, -0.2) is 29.9 Å². The number of nitrogens with zero attached hydrogens (tertiary/aromatic N) is 2. The maximum absolute atomic E-state index is 12.2. The zero-order chi connectivity index (χ0) is 17.1. The van der Waals surface area contributed by atoms with E-state index in [-0.39, 0.29) is 17.7 Å². The molecule has 2 aromatic rings. The van der Waals surface area contributed by atoms with Gasteiger partial charge in [-0.05, 0) is 44.0 Å². The summed E-state index contributed by atoms with van der Waals surface area (Å²) in [5.41, 5.74) is 7.89. The third kappa shape index (κ3) is 3.73. The van der Waals surface area contributed by atoms with Crippen LogP contribution in [0.5, 0.6) is 0 Å². The quantitative estimate of drug-likeness (QED) is 0.891. The van der Waals surface area contributed by atoms with Crippen molar-refractivity contribution in [3.05, 3.63) is 40.9 Å². The highest BCUT2D eigenvalue weighted by Gasteiger charge is 2.24. The highest BCUT2D eigenvalue weighted by atomic mass is 32.1. The molecule has 1 aromatic carbocycles. The molecular weight excluding hydrogens is 324 g/mol. The summed E-state index contributed by atoms with van der Waals surface area (Å²) in [5.74, 6) is -0.520. The number of nitrogens with one attached hydrogen (secondary N) is 1. The number of piperidine rings is 1. The SMILES string of the molecule is Cc1csc(NC(=O)c2ccc(N3CCC[C@H](C(N)=O)C3)cc2)n1. The second kappa shape index (κ2) is 7.00. The van der Waals surface area contributed by atoms with E-state index in [1.807, 2.05) is 24.4 Å². The van der Waals surface area contributed by atoms with Crippen LogP contribution in [0.1, 0.15) is 28.9 Å². The first kappa shape index (κ1) is 16.4. The van der Waals surface area contributed by atoms with Crippen molar-refractivity contribution in [2.45, 2.75) is 19.8 Å². The molecule has 0 spiro atoms. The molecule has 6 nitrogen and oxygen atoms in total. The van der Waals surface area contributed by atoms with Crippen LogP contribution in [0.4, 0.5) is 10.8 Å². The van der Waals surface area contributed by atoms with Crippen molar-refractivity contribution in [3.8, 4) is 0 Å². The van der Waals surface area contributed by atoms with Gasteiger partial charge in [-0.15, -0.1) is 11.3 Å². The molecule has 24 heavy (non-hydrogen) atoms. The van der Waals surface area contributed by atoms with Gasteiger partial charge in [0, 0.05) is 29.7 Å². The summed E-state index contributed by atoms with van der Waals surface area (Å²) in [6.45, 7) is 3.42. The molecule has 0 bridgehead atoms. The predicted octanol–water partition coefficient (Wildman–Crippen LogP) is 2.41. The molecule has 0 unspecified atom stereocenters. The highest BCUT2D eigenvalue weighted by molar-refractivity contribution is 7.13. The van der Waals surface area contributed by atoms with Crippen molar-refractivity contribution >= 4 is 34.0 Å². The molecular formula is C17H20N4O2S. The van der Waals surface area contributed by atoms with Crippen LogP contribution >= 0.6 is 11.3 Å². The maximum Gasteiger partial charge on any atom is 0.257 e. The Morgan fingerprint density at radius 1 is 1.33 bits per heavy atom. The zero-order valence-electron chi connectivity index (χ0n) is 13.5. The number of nitrogens with two attached hydrogens (primary N) is 1. The average molecular weight is 344 g/mol. The second-order valence-electron chi connectivity index (χ2n) is 5.98. The lowest BCUT2D eigenvalue weighted by molar-refractivity contribution is -0.122. The van der Waals surface area contributed by atoms with E-state index in [9.17, 15) is 9.59 Å². The van der Waals surface area contributed by atoms with Crippen LogP contribution in [0.2, 0.25) is 0 Å². The molecule has 0 aliphatic carbocycles. The summed E-state index contributed by atoms with van der Waals surface area (Å²) in [7, 11) is 0. The monoisotopic (exact) mass is 344 g/mol. The van der Waals surface area contributed by atoms with Gasteiger partial charge in [0.05, 0.1) is 11.6 Å². The van der Waals surface area contributed by atoms with Crippen molar-refractivity contribution in [2.75, 3.05) is 23.3 Å². The zero-order valence-corrected chi connectivity index (χ0v) is 14.3. The molecule has 0 radical (unpaired) electrons. The van der Waals surface area contributed by atoms with Gasteiger partial charge >= 0.3 is 0 Å². The van der Waals surface area contributed by atoms with Crippen molar-refractivity contribution in [1.82, 2.24) is 4.98 Å². The van der Waals surface area contributed by atoms with Gasteiger partial charge in [-0.25, -0.2) is 4.98 Å². The minimum absolute atomic E-state index is 0.102. The van der Waals surface area contributed by atoms with Gasteiger partial charge in [0.2, 0.25) is 5.91 Å². The van der Waals surface area contributed by atoms with Gasteiger partial charge in [0.1, 0.15) is 0 Å². The number of aromatic nitrogens is 1. The standard InChI is InChI=1S/C17H20N4O2S/c1-11-10-24-17(19-11)20-16(23)12-4-6-14(7-5-12)21-8-2-3-13(9-21)15(18)22/h4-7,10,13H,2-3,8-9H2,1H3,(H2,18,22)(H,19,20,23)/t13-/m0/s1. The Hall–Kier alpha value is -2.41. The molecule has 7 heteroatoms. The highest BCUT2D eigenvalue weighted by Crippen LogP contribution is 2.24. The average Bonchev–Trinajstić information content (AvgIpc) is 3.00. The van der Waals surface area contributed by atoms with E-state index in [1.165, 1.54) is 11.3 Å². The van der Waals surface area contributed by atoms with E-state index in [1.54, 1.807) is 12.1 Å². The topological polar surface area (TPSA) is 88.3 Å². The third-order valence-electron chi connectivity index (χ3n) is 4.16. The number of anilines is 2. The van der Waals surface area contributed by atoms with Crippen molar-refractivity contribution in [2.24, 2.45) is 11.7 Å². The van der Waals surface area contributed by atoms with E-state index in [4.69, 9.17) is 5.73 Å². The van der Waals surface area contributed by atoms with Gasteiger partial charge in [-0.3, -0.25) is 14.9 Å². The summed E-state index contributed by atoms with van der Waals surface area (Å²) in [5, 5.41) is 5.29. The van der Waals surface area contributed by atoms with E-state index < -0.39 is 0 Å². The first-order chi connectivity index (χ1) is 11.5. The molecule has 2 heterocycles. The largest absolute Gasteiger partial charge is 0.371 e. The number of aryl methyl sites for hydroxylation is 1. The minimum Gasteiger partial charge on any atom is -0.371 e. The number of primary amides is 1. The number of carbonyl (C=O) groups is 2. The van der Waals surface area contributed by atoms with E-state index in [0.29, 0.717) is 17.2 Å². The summed E-state index contributed by atoms with van der Waals surface area (Å²) in [4.78, 5) is 30.0. The van der Waals surface area contributed by atoms with E-state index in [0.717, 1.165) is 30.8 Å². The molecule has 1 fully saturated rings. The maximum atomic E-state index is 12.2. The van der Waals surface area contributed by atoms with Gasteiger partial charge in [-0.1, -0.05) is 0 Å². The number of amides is 2. The fourth-order valence-corrected chi connectivity index (χ4v) is 3.53. The lowest BCUT2D eigenvalue weighted by Gasteiger charge is -2.33. The first-order valence-corrected chi connectivity index (χ1v) is 8.78. The molecule has 2 amide bonds. The van der Waals surface area contributed by atoms with E-state index in [2.05, 4.69) is 15.2 Å². The molecule has 1 atom stereocenters. The van der Waals surface area contributed by atoms with Crippen LogP contribution in [0.15, 0.2) is 29.6 Å². The van der Waals surface area contributed by atoms with Crippen LogP contribution in [0, 0.1) is 12.8 Å². The Morgan fingerprint density at radius 2 is 2.08 bits per heavy atom. The number of benzene rings is 1. The lowest BCUT2D eigenvalue weighted by Crippen LogP contribution is -2.41. The Bertz CT molecular complexity index is 741. The Kier molecular flexibility index (Phi) is 4.80. The fourth-order valence-electron chi connectivity index (χ4n) is 2.85. The summed E-state index contributed by atoms with van der Waals surface area (Å²) >= 11 is 1.41. The molecule has 3 rings (SSSR count). The molecule has 1 aliphatic rings. The van der Waals surface area contributed by atoms with Crippen molar-refractivity contribution < 1.29 is 9.59 Å². The number of rotatable bonds is 4. The lowest BCUT2D eigenvalue weighted by atomic mass is 9.97. The van der Waals surface area contributed by atoms with E-state index >= 15 is 0 Å². The molecule has 126 valence electrons. The molecule has 1 aliphatic heterocycles. The van der Waals surface area contributed by atoms with Crippen molar-refractivity contribution in [1.29, 1.82) is 0 Å². The summed E-state index contributed by atoms with van der Waals surface area (Å²) < 4.78 is 0. The number of hydrogen-bond donors (Lipinski definition) is 2. The number of hydrogen-bond acceptors (Lipinski definition) is 5. The number of thiazole rings is 1. The van der Waals surface area contributed by atoms with Gasteiger partial charge in [0.25, 0.3) is 5.91 Å². The summed E-state index contributed by atoms with van der Waals surface area (Å²) in [6, 6.07) is 7.40. The second-order valence-corrected chi connectivity index (χ2v) is 6.84. The van der Waals surface area contributed by atoms with Gasteiger partial charge in [-0.2, -0.15) is 0 Å². The number of carbonyl (C=O) groups excluding carboxylic acids is 2. The minimum atomic E-state index is -0.241. The van der Waals surface area contributed by atoms with Crippen LogP contribution in [0.3, 0.4) is 0 Å². The Balaban J connectivity index is 1.66. The van der Waals surface area contributed by atoms with Crippen LogP contribution in [0.25, 0.3) is 0 Å². The third-order valence-corrected chi connectivity index (χ3v) is 5.03. The van der Waals surface area contributed by atoms with Crippen LogP contribution < -0.4 is 16.0 Å². The van der Waals surface area contributed by atoms with Gasteiger partial charge < -0.3 is 10.6 Å². The Morgan fingerprint density at radius 3 is 2.71 bits per heavy atom. The smallest absolute Gasteiger partial charge is 0.257 e. The first-order valence-electron chi connectivity index (χ1n) is 7.91. The van der Waals surface area contributed by atoms with Gasteiger partial charge in [0.15, 0.2) is 5.13 Å².